The van der Waals surface area contributed by atoms with Crippen LogP contribution < -0.4 is 10.6 Å². The Morgan fingerprint density at radius 1 is 1.41 bits per heavy atom. The summed E-state index contributed by atoms with van der Waals surface area (Å²) in [7, 11) is 1.83. The molecule has 1 heterocycles. The van der Waals surface area contributed by atoms with Crippen LogP contribution in [0.25, 0.3) is 0 Å². The predicted molar refractivity (Wildman–Crippen MR) is 86.8 cm³/mol. The Bertz CT molecular complexity index is 655. The van der Waals surface area contributed by atoms with Gasteiger partial charge in [-0.1, -0.05) is 15.9 Å². The van der Waals surface area contributed by atoms with Gasteiger partial charge in [0, 0.05) is 18.1 Å². The van der Waals surface area contributed by atoms with E-state index in [0.717, 1.165) is 22.4 Å². The molecule has 2 aromatic rings. The second kappa shape index (κ2) is 7.88. The van der Waals surface area contributed by atoms with Crippen molar-refractivity contribution < 1.29 is 4.39 Å². The lowest BCUT2D eigenvalue weighted by Crippen LogP contribution is -2.37. The van der Waals surface area contributed by atoms with Gasteiger partial charge in [-0.15, -0.1) is 0 Å². The first-order valence-corrected chi connectivity index (χ1v) is 7.68. The van der Waals surface area contributed by atoms with Gasteiger partial charge in [0.15, 0.2) is 5.96 Å². The maximum atomic E-state index is 13.3. The molecule has 0 radical (unpaired) electrons. The van der Waals surface area contributed by atoms with Crippen molar-refractivity contribution in [1.82, 2.24) is 25.4 Å². The molecule has 0 unspecified atom stereocenters. The number of nitrogens with one attached hydrogen (secondary N) is 2. The van der Waals surface area contributed by atoms with E-state index in [2.05, 4.69) is 41.6 Å². The molecule has 2 N–H and O–H groups in total. The summed E-state index contributed by atoms with van der Waals surface area (Å²) in [5, 5.41) is 10.3. The molecule has 0 fully saturated rings. The first-order chi connectivity index (χ1) is 10.6. The van der Waals surface area contributed by atoms with Gasteiger partial charge >= 0.3 is 0 Å². The number of aromatic nitrogens is 3. The average molecular weight is 369 g/mol. The lowest BCUT2D eigenvalue weighted by Gasteiger charge is -2.11. The van der Waals surface area contributed by atoms with Gasteiger partial charge in [-0.25, -0.2) is 14.4 Å². The molecule has 0 aliphatic heterocycles. The van der Waals surface area contributed by atoms with Crippen molar-refractivity contribution in [2.75, 3.05) is 6.54 Å². The molecule has 0 aliphatic carbocycles. The first kappa shape index (κ1) is 16.4. The number of aryl methyl sites for hydroxylation is 1. The molecule has 118 valence electrons. The molecule has 2 rings (SSSR count). The van der Waals surface area contributed by atoms with Crippen LogP contribution in [0, 0.1) is 5.82 Å². The van der Waals surface area contributed by atoms with Gasteiger partial charge in [0.05, 0.1) is 13.1 Å². The summed E-state index contributed by atoms with van der Waals surface area (Å²) in [6, 6.07) is 4.56. The minimum absolute atomic E-state index is 0.273. The van der Waals surface area contributed by atoms with Crippen LogP contribution in [-0.2, 0) is 20.1 Å². The zero-order valence-electron chi connectivity index (χ0n) is 12.5. The molecule has 0 amide bonds. The highest BCUT2D eigenvalue weighted by Crippen LogP contribution is 2.18. The predicted octanol–water partition coefficient (Wildman–Crippen LogP) is 1.97. The molecule has 22 heavy (non-hydrogen) atoms. The second-order valence-corrected chi connectivity index (χ2v) is 5.44. The monoisotopic (exact) mass is 368 g/mol. The van der Waals surface area contributed by atoms with E-state index in [-0.39, 0.29) is 5.82 Å². The number of rotatable bonds is 5. The fourth-order valence-corrected chi connectivity index (χ4v) is 2.19. The zero-order valence-corrected chi connectivity index (χ0v) is 14.1. The van der Waals surface area contributed by atoms with Crippen molar-refractivity contribution in [2.24, 2.45) is 12.0 Å². The molecule has 6 nitrogen and oxygen atoms in total. The quantitative estimate of drug-likeness (QED) is 0.625. The minimum Gasteiger partial charge on any atom is -0.357 e. The molecular formula is C14H18BrFN6. The highest BCUT2D eigenvalue weighted by molar-refractivity contribution is 9.10. The smallest absolute Gasteiger partial charge is 0.191 e. The Morgan fingerprint density at radius 3 is 2.91 bits per heavy atom. The van der Waals surface area contributed by atoms with E-state index in [1.165, 1.54) is 18.5 Å². The molecule has 0 bridgehead atoms. The number of aliphatic imine (C=N–C) groups is 1. The molecule has 0 saturated heterocycles. The Balaban J connectivity index is 2.03. The van der Waals surface area contributed by atoms with Crippen LogP contribution in [0.5, 0.6) is 0 Å². The highest BCUT2D eigenvalue weighted by atomic mass is 79.9. The van der Waals surface area contributed by atoms with Crippen LogP contribution in [0.1, 0.15) is 18.3 Å². The van der Waals surface area contributed by atoms with Crippen LogP contribution in [0.15, 0.2) is 34.0 Å². The lowest BCUT2D eigenvalue weighted by molar-refractivity contribution is 0.625. The molecule has 0 aliphatic rings. The fraction of sp³-hybridized carbons (Fsp3) is 0.357. The van der Waals surface area contributed by atoms with E-state index in [0.29, 0.717) is 19.0 Å². The van der Waals surface area contributed by atoms with Gasteiger partial charge in [0.25, 0.3) is 0 Å². The molecular weight excluding hydrogens is 351 g/mol. The van der Waals surface area contributed by atoms with Gasteiger partial charge in [-0.3, -0.25) is 4.68 Å². The number of guanidine groups is 1. The molecule has 0 spiro atoms. The number of nitrogens with zero attached hydrogens (tertiary/aromatic N) is 4. The van der Waals surface area contributed by atoms with Gasteiger partial charge < -0.3 is 10.6 Å². The van der Waals surface area contributed by atoms with Crippen molar-refractivity contribution in [3.63, 3.8) is 0 Å². The third-order valence-corrected chi connectivity index (χ3v) is 3.75. The van der Waals surface area contributed by atoms with Crippen LogP contribution in [0.4, 0.5) is 4.39 Å². The van der Waals surface area contributed by atoms with E-state index in [1.807, 2.05) is 14.0 Å². The van der Waals surface area contributed by atoms with Gasteiger partial charge in [-0.2, -0.15) is 5.10 Å². The van der Waals surface area contributed by atoms with E-state index < -0.39 is 0 Å². The lowest BCUT2D eigenvalue weighted by atomic mass is 10.2. The third kappa shape index (κ3) is 4.52. The maximum Gasteiger partial charge on any atom is 0.191 e. The van der Waals surface area contributed by atoms with Crippen LogP contribution in [0.3, 0.4) is 0 Å². The summed E-state index contributed by atoms with van der Waals surface area (Å²) in [6.45, 7) is 3.59. The van der Waals surface area contributed by atoms with Crippen molar-refractivity contribution in [2.45, 2.75) is 20.0 Å². The largest absolute Gasteiger partial charge is 0.357 e. The van der Waals surface area contributed by atoms with E-state index in [4.69, 9.17) is 0 Å². The second-order valence-electron chi connectivity index (χ2n) is 4.58. The average Bonchev–Trinajstić information content (AvgIpc) is 2.90. The molecule has 8 heteroatoms. The Hall–Kier alpha value is -1.96. The standard InChI is InChI=1S/C14H18BrFN6/c1-3-17-14(19-8-13-20-9-21-22(13)2)18-7-10-6-11(16)4-5-12(10)15/h4-6,9H,3,7-8H2,1-2H3,(H2,17,18,19). The third-order valence-electron chi connectivity index (χ3n) is 2.98. The number of benzene rings is 1. The Kier molecular flexibility index (Phi) is 5.88. The van der Waals surface area contributed by atoms with E-state index >= 15 is 0 Å². The van der Waals surface area contributed by atoms with Crippen LogP contribution >= 0.6 is 15.9 Å². The SMILES string of the molecule is CCNC(=NCc1cc(F)ccc1Br)NCc1ncnn1C. The van der Waals surface area contributed by atoms with Crippen molar-refractivity contribution in [1.29, 1.82) is 0 Å². The Labute approximate surface area is 137 Å². The number of hydrogen-bond donors (Lipinski definition) is 2. The van der Waals surface area contributed by atoms with E-state index in [1.54, 1.807) is 10.7 Å². The number of halogens is 2. The van der Waals surface area contributed by atoms with Crippen LogP contribution in [0.2, 0.25) is 0 Å². The molecule has 1 aromatic carbocycles. The first-order valence-electron chi connectivity index (χ1n) is 6.89. The zero-order chi connectivity index (χ0) is 15.9. The molecule has 0 saturated carbocycles. The van der Waals surface area contributed by atoms with Gasteiger partial charge in [0.2, 0.25) is 0 Å². The van der Waals surface area contributed by atoms with Crippen molar-refractivity contribution in [3.8, 4) is 0 Å². The van der Waals surface area contributed by atoms with Crippen LogP contribution in [-0.4, -0.2) is 27.3 Å². The Morgan fingerprint density at radius 2 is 2.23 bits per heavy atom. The summed E-state index contributed by atoms with van der Waals surface area (Å²) in [4.78, 5) is 8.60. The van der Waals surface area contributed by atoms with E-state index in [9.17, 15) is 4.39 Å². The topological polar surface area (TPSA) is 67.1 Å². The maximum absolute atomic E-state index is 13.3. The molecule has 0 atom stereocenters. The summed E-state index contributed by atoms with van der Waals surface area (Å²) in [5.74, 6) is 1.17. The normalized spacial score (nSPS) is 11.5. The summed E-state index contributed by atoms with van der Waals surface area (Å²) < 4.78 is 15.8. The highest BCUT2D eigenvalue weighted by Gasteiger charge is 2.04. The number of hydrogen-bond acceptors (Lipinski definition) is 3. The fourth-order valence-electron chi connectivity index (χ4n) is 1.81. The molecule has 1 aromatic heterocycles. The van der Waals surface area contributed by atoms with Gasteiger partial charge in [0.1, 0.15) is 18.0 Å². The minimum atomic E-state index is -0.273. The summed E-state index contributed by atoms with van der Waals surface area (Å²) >= 11 is 3.40. The van der Waals surface area contributed by atoms with Crippen molar-refractivity contribution >= 4 is 21.9 Å². The van der Waals surface area contributed by atoms with Crippen molar-refractivity contribution in [3.05, 3.63) is 46.2 Å². The summed E-state index contributed by atoms with van der Waals surface area (Å²) in [6.07, 6.45) is 1.50. The van der Waals surface area contributed by atoms with Gasteiger partial charge in [-0.05, 0) is 30.7 Å². The summed E-state index contributed by atoms with van der Waals surface area (Å²) in [5.41, 5.74) is 0.788.